The van der Waals surface area contributed by atoms with Gasteiger partial charge in [-0.1, -0.05) is 0 Å². The molecule has 13 heavy (non-hydrogen) atoms. The molecule has 2 heterocycles. The van der Waals surface area contributed by atoms with Crippen molar-refractivity contribution in [2.24, 2.45) is 5.92 Å². The first-order chi connectivity index (χ1) is 6.38. The van der Waals surface area contributed by atoms with E-state index in [-0.39, 0.29) is 6.10 Å². The molecule has 4 nitrogen and oxygen atoms in total. The Morgan fingerprint density at radius 2 is 2.23 bits per heavy atom. The van der Waals surface area contributed by atoms with Crippen LogP contribution in [-0.2, 0) is 0 Å². The van der Waals surface area contributed by atoms with Crippen LogP contribution in [-0.4, -0.2) is 28.4 Å². The van der Waals surface area contributed by atoms with Gasteiger partial charge in [-0.05, 0) is 37.9 Å². The van der Waals surface area contributed by atoms with Crippen molar-refractivity contribution in [3.05, 3.63) is 18.0 Å². The summed E-state index contributed by atoms with van der Waals surface area (Å²) in [5.74, 6) is 0.377. The lowest BCUT2D eigenvalue weighted by Gasteiger charge is -2.26. The topological polar surface area (TPSA) is 60.9 Å². The molecule has 1 aliphatic rings. The standard InChI is InChI=1S/C9H15N3O/c13-9(8-3-6-11-12-8)7-1-4-10-5-2-7/h3,6-7,9-10,13H,1-2,4-5H2,(H,11,12). The summed E-state index contributed by atoms with van der Waals surface area (Å²) in [4.78, 5) is 0. The van der Waals surface area contributed by atoms with E-state index in [1.54, 1.807) is 6.20 Å². The maximum atomic E-state index is 9.94. The van der Waals surface area contributed by atoms with E-state index in [2.05, 4.69) is 15.5 Å². The van der Waals surface area contributed by atoms with Gasteiger partial charge in [-0.15, -0.1) is 0 Å². The van der Waals surface area contributed by atoms with E-state index >= 15 is 0 Å². The zero-order valence-corrected chi connectivity index (χ0v) is 7.53. The van der Waals surface area contributed by atoms with E-state index in [1.165, 1.54) is 0 Å². The molecule has 1 aromatic rings. The number of nitrogens with one attached hydrogen (secondary N) is 2. The SMILES string of the molecule is OC(c1ccn[nH]1)C1CCNCC1. The zero-order chi connectivity index (χ0) is 9.10. The molecular formula is C9H15N3O. The smallest absolute Gasteiger partial charge is 0.0983 e. The van der Waals surface area contributed by atoms with Gasteiger partial charge in [0.2, 0.25) is 0 Å². The molecule has 1 saturated heterocycles. The number of H-pyrrole nitrogens is 1. The third-order valence-electron chi connectivity index (χ3n) is 2.67. The monoisotopic (exact) mass is 181 g/mol. The van der Waals surface area contributed by atoms with Crippen LogP contribution in [0.4, 0.5) is 0 Å². The lowest BCUT2D eigenvalue weighted by molar-refractivity contribution is 0.0851. The quantitative estimate of drug-likeness (QED) is 0.620. The Hall–Kier alpha value is -0.870. The zero-order valence-electron chi connectivity index (χ0n) is 7.53. The fourth-order valence-corrected chi connectivity index (χ4v) is 1.85. The number of aliphatic hydroxyl groups is 1. The van der Waals surface area contributed by atoms with Crippen LogP contribution in [0.25, 0.3) is 0 Å². The average Bonchev–Trinajstić information content (AvgIpc) is 2.71. The van der Waals surface area contributed by atoms with Gasteiger partial charge in [0.25, 0.3) is 0 Å². The second kappa shape index (κ2) is 3.89. The van der Waals surface area contributed by atoms with E-state index < -0.39 is 0 Å². The number of hydrogen-bond donors (Lipinski definition) is 3. The molecule has 1 aromatic heterocycles. The Labute approximate surface area is 77.4 Å². The minimum absolute atomic E-state index is 0.371. The number of nitrogens with zero attached hydrogens (tertiary/aromatic N) is 1. The molecular weight excluding hydrogens is 166 g/mol. The molecule has 2 rings (SSSR count). The number of aromatic amines is 1. The molecule has 1 atom stereocenters. The van der Waals surface area contributed by atoms with E-state index in [9.17, 15) is 5.11 Å². The largest absolute Gasteiger partial charge is 0.387 e. The lowest BCUT2D eigenvalue weighted by atomic mass is 9.90. The first-order valence-corrected chi connectivity index (χ1v) is 4.76. The Morgan fingerprint density at radius 3 is 2.85 bits per heavy atom. The molecule has 0 amide bonds. The number of aromatic nitrogens is 2. The van der Waals surface area contributed by atoms with Crippen LogP contribution in [0.1, 0.15) is 24.6 Å². The van der Waals surface area contributed by atoms with Crippen molar-refractivity contribution >= 4 is 0 Å². The van der Waals surface area contributed by atoms with Crippen LogP contribution in [0.15, 0.2) is 12.3 Å². The summed E-state index contributed by atoms with van der Waals surface area (Å²) in [5.41, 5.74) is 0.840. The van der Waals surface area contributed by atoms with Gasteiger partial charge in [0.1, 0.15) is 0 Å². The van der Waals surface area contributed by atoms with Crippen molar-refractivity contribution in [3.8, 4) is 0 Å². The summed E-state index contributed by atoms with van der Waals surface area (Å²) in [7, 11) is 0. The Kier molecular flexibility index (Phi) is 2.61. The van der Waals surface area contributed by atoms with Crippen LogP contribution in [0.3, 0.4) is 0 Å². The summed E-state index contributed by atoms with van der Waals surface area (Å²) >= 11 is 0. The van der Waals surface area contributed by atoms with E-state index in [0.717, 1.165) is 31.6 Å². The molecule has 1 fully saturated rings. The van der Waals surface area contributed by atoms with E-state index in [0.29, 0.717) is 5.92 Å². The fraction of sp³-hybridized carbons (Fsp3) is 0.667. The Balaban J connectivity index is 1.99. The molecule has 0 radical (unpaired) electrons. The molecule has 0 saturated carbocycles. The van der Waals surface area contributed by atoms with Gasteiger partial charge < -0.3 is 10.4 Å². The molecule has 1 aliphatic heterocycles. The van der Waals surface area contributed by atoms with E-state index in [4.69, 9.17) is 0 Å². The van der Waals surface area contributed by atoms with Crippen LogP contribution in [0.5, 0.6) is 0 Å². The molecule has 3 N–H and O–H groups in total. The second-order valence-electron chi connectivity index (χ2n) is 3.54. The van der Waals surface area contributed by atoms with Crippen molar-refractivity contribution in [1.82, 2.24) is 15.5 Å². The van der Waals surface area contributed by atoms with Gasteiger partial charge in [0.15, 0.2) is 0 Å². The molecule has 0 aliphatic carbocycles. The van der Waals surface area contributed by atoms with Gasteiger partial charge in [0, 0.05) is 6.20 Å². The fourth-order valence-electron chi connectivity index (χ4n) is 1.85. The summed E-state index contributed by atoms with van der Waals surface area (Å²) in [6.45, 7) is 2.02. The van der Waals surface area contributed by atoms with Crippen LogP contribution < -0.4 is 5.32 Å². The van der Waals surface area contributed by atoms with Crippen LogP contribution >= 0.6 is 0 Å². The van der Waals surface area contributed by atoms with Gasteiger partial charge >= 0.3 is 0 Å². The van der Waals surface area contributed by atoms with Gasteiger partial charge in [-0.3, -0.25) is 5.10 Å². The first-order valence-electron chi connectivity index (χ1n) is 4.76. The molecule has 4 heteroatoms. The van der Waals surface area contributed by atoms with Crippen molar-refractivity contribution in [2.45, 2.75) is 18.9 Å². The highest BCUT2D eigenvalue weighted by Gasteiger charge is 2.23. The third-order valence-corrected chi connectivity index (χ3v) is 2.67. The molecule has 0 bridgehead atoms. The van der Waals surface area contributed by atoms with E-state index in [1.807, 2.05) is 6.07 Å². The van der Waals surface area contributed by atoms with Crippen molar-refractivity contribution in [1.29, 1.82) is 0 Å². The average molecular weight is 181 g/mol. The minimum Gasteiger partial charge on any atom is -0.387 e. The molecule has 0 aromatic carbocycles. The lowest BCUT2D eigenvalue weighted by Crippen LogP contribution is -2.30. The van der Waals surface area contributed by atoms with Gasteiger partial charge in [0.05, 0.1) is 11.8 Å². The molecule has 1 unspecified atom stereocenters. The van der Waals surface area contributed by atoms with Crippen molar-refractivity contribution in [3.63, 3.8) is 0 Å². The van der Waals surface area contributed by atoms with Crippen molar-refractivity contribution < 1.29 is 5.11 Å². The number of hydrogen-bond acceptors (Lipinski definition) is 3. The summed E-state index contributed by atoms with van der Waals surface area (Å²) in [6, 6.07) is 1.84. The molecule has 72 valence electrons. The highest BCUT2D eigenvalue weighted by atomic mass is 16.3. The van der Waals surface area contributed by atoms with Crippen LogP contribution in [0, 0.1) is 5.92 Å². The Bertz CT molecular complexity index is 241. The summed E-state index contributed by atoms with van der Waals surface area (Å²) in [5, 5.41) is 19.9. The first kappa shape index (κ1) is 8.72. The predicted octanol–water partition coefficient (Wildman–Crippen LogP) is 0.443. The maximum absolute atomic E-state index is 9.94. The van der Waals surface area contributed by atoms with Crippen molar-refractivity contribution in [2.75, 3.05) is 13.1 Å². The number of aliphatic hydroxyl groups excluding tert-OH is 1. The molecule has 0 spiro atoms. The maximum Gasteiger partial charge on any atom is 0.0983 e. The minimum atomic E-state index is -0.371. The second-order valence-corrected chi connectivity index (χ2v) is 3.54. The highest BCUT2D eigenvalue weighted by Crippen LogP contribution is 2.26. The summed E-state index contributed by atoms with van der Waals surface area (Å²) < 4.78 is 0. The van der Waals surface area contributed by atoms with Gasteiger partial charge in [-0.2, -0.15) is 5.10 Å². The predicted molar refractivity (Wildman–Crippen MR) is 49.1 cm³/mol. The number of rotatable bonds is 2. The Morgan fingerprint density at radius 1 is 1.46 bits per heavy atom. The van der Waals surface area contributed by atoms with Crippen LogP contribution in [0.2, 0.25) is 0 Å². The highest BCUT2D eigenvalue weighted by molar-refractivity contribution is 5.03. The normalized spacial score (nSPS) is 21.6. The van der Waals surface area contributed by atoms with Gasteiger partial charge in [-0.25, -0.2) is 0 Å². The summed E-state index contributed by atoms with van der Waals surface area (Å²) in [6.07, 6.45) is 3.39. The number of piperidine rings is 1. The third kappa shape index (κ3) is 1.89.